The van der Waals surface area contributed by atoms with Crippen LogP contribution < -0.4 is 19.6 Å². The molecule has 1 heterocycles. The molecule has 35 heavy (non-hydrogen) atoms. The standard InChI is InChI=1S/C26H22FN3O4S/c1-3-33-24-14-17(8-13-23(24)34-25(31)20-6-4-5-7-22(20)32-2)15-28-30-26-29-21(16-35-26)18-9-11-19(27)12-10-18/h4-16H,3H2,1-2H3,(H,29,30)/b28-15-. The number of hydrogen-bond acceptors (Lipinski definition) is 8. The van der Waals surface area contributed by atoms with Crippen molar-refractivity contribution in [1.82, 2.24) is 4.98 Å². The predicted molar refractivity (Wildman–Crippen MR) is 134 cm³/mol. The van der Waals surface area contributed by atoms with Gasteiger partial charge in [-0.3, -0.25) is 5.43 Å². The molecule has 0 atom stereocenters. The molecule has 0 aliphatic rings. The van der Waals surface area contributed by atoms with Gasteiger partial charge in [0.05, 0.1) is 25.6 Å². The Kier molecular flexibility index (Phi) is 7.69. The van der Waals surface area contributed by atoms with Crippen LogP contribution in [0.1, 0.15) is 22.8 Å². The van der Waals surface area contributed by atoms with E-state index in [1.807, 2.05) is 12.3 Å². The average molecular weight is 492 g/mol. The van der Waals surface area contributed by atoms with Crippen LogP contribution in [0.25, 0.3) is 11.3 Å². The summed E-state index contributed by atoms with van der Waals surface area (Å²) in [7, 11) is 1.50. The van der Waals surface area contributed by atoms with Gasteiger partial charge in [0, 0.05) is 10.9 Å². The topological polar surface area (TPSA) is 82.0 Å². The van der Waals surface area contributed by atoms with Crippen LogP contribution in [-0.4, -0.2) is 30.9 Å². The van der Waals surface area contributed by atoms with Crippen molar-refractivity contribution in [1.29, 1.82) is 0 Å². The van der Waals surface area contributed by atoms with Crippen molar-refractivity contribution in [2.45, 2.75) is 6.92 Å². The number of benzene rings is 3. The zero-order valence-corrected chi connectivity index (χ0v) is 19.8. The maximum absolute atomic E-state index is 13.1. The Balaban J connectivity index is 1.45. The molecule has 0 aliphatic heterocycles. The van der Waals surface area contributed by atoms with E-state index in [0.29, 0.717) is 28.8 Å². The highest BCUT2D eigenvalue weighted by Gasteiger charge is 2.17. The second-order valence-corrected chi connectivity index (χ2v) is 8.00. The number of carbonyl (C=O) groups is 1. The minimum atomic E-state index is -0.549. The van der Waals surface area contributed by atoms with Gasteiger partial charge in [-0.05, 0) is 67.1 Å². The number of thiazole rings is 1. The van der Waals surface area contributed by atoms with Crippen molar-refractivity contribution >= 4 is 28.7 Å². The molecule has 3 aromatic carbocycles. The van der Waals surface area contributed by atoms with Crippen LogP contribution in [0.4, 0.5) is 9.52 Å². The number of carbonyl (C=O) groups excluding carboxylic acids is 1. The molecular formula is C26H22FN3O4S. The summed E-state index contributed by atoms with van der Waals surface area (Å²) in [5.74, 6) is 0.283. The molecule has 7 nitrogen and oxygen atoms in total. The molecule has 0 fully saturated rings. The Bertz CT molecular complexity index is 1340. The molecule has 0 saturated heterocycles. The SMILES string of the molecule is CCOc1cc(/C=N\Nc2nc(-c3ccc(F)cc3)cs2)ccc1OC(=O)c1ccccc1OC. The van der Waals surface area contributed by atoms with Gasteiger partial charge in [0.2, 0.25) is 5.13 Å². The van der Waals surface area contributed by atoms with Gasteiger partial charge in [-0.1, -0.05) is 12.1 Å². The summed E-state index contributed by atoms with van der Waals surface area (Å²) < 4.78 is 29.6. The molecule has 0 spiro atoms. The fourth-order valence-corrected chi connectivity index (χ4v) is 3.83. The normalized spacial score (nSPS) is 10.8. The molecule has 1 aromatic heterocycles. The molecule has 0 amide bonds. The molecule has 0 bridgehead atoms. The van der Waals surface area contributed by atoms with E-state index in [1.54, 1.807) is 60.8 Å². The maximum Gasteiger partial charge on any atom is 0.347 e. The highest BCUT2D eigenvalue weighted by atomic mass is 32.1. The summed E-state index contributed by atoms with van der Waals surface area (Å²) in [5, 5.41) is 6.68. The van der Waals surface area contributed by atoms with E-state index in [2.05, 4.69) is 15.5 Å². The van der Waals surface area contributed by atoms with E-state index in [-0.39, 0.29) is 11.6 Å². The Morgan fingerprint density at radius 1 is 1.09 bits per heavy atom. The van der Waals surface area contributed by atoms with Gasteiger partial charge in [0.1, 0.15) is 17.1 Å². The lowest BCUT2D eigenvalue weighted by molar-refractivity contribution is 0.0725. The summed E-state index contributed by atoms with van der Waals surface area (Å²) in [6, 6.07) is 18.1. The summed E-state index contributed by atoms with van der Waals surface area (Å²) in [5.41, 5.74) is 5.48. The summed E-state index contributed by atoms with van der Waals surface area (Å²) in [6.45, 7) is 2.23. The highest BCUT2D eigenvalue weighted by molar-refractivity contribution is 7.14. The van der Waals surface area contributed by atoms with E-state index < -0.39 is 5.97 Å². The number of esters is 1. The average Bonchev–Trinajstić information content (AvgIpc) is 3.35. The lowest BCUT2D eigenvalue weighted by Gasteiger charge is -2.12. The second kappa shape index (κ2) is 11.3. The third-order valence-electron chi connectivity index (χ3n) is 4.82. The summed E-state index contributed by atoms with van der Waals surface area (Å²) in [6.07, 6.45) is 1.60. The van der Waals surface area contributed by atoms with Crippen molar-refractivity contribution in [3.8, 4) is 28.5 Å². The third kappa shape index (κ3) is 6.01. The quantitative estimate of drug-likeness (QED) is 0.133. The maximum atomic E-state index is 13.1. The van der Waals surface area contributed by atoms with Gasteiger partial charge in [-0.25, -0.2) is 14.2 Å². The monoisotopic (exact) mass is 491 g/mol. The van der Waals surface area contributed by atoms with Gasteiger partial charge in [0.25, 0.3) is 0 Å². The number of hydrogen-bond donors (Lipinski definition) is 1. The van der Waals surface area contributed by atoms with Crippen molar-refractivity contribution in [2.24, 2.45) is 5.10 Å². The first kappa shape index (κ1) is 23.9. The van der Waals surface area contributed by atoms with E-state index in [1.165, 1.54) is 30.6 Å². The Morgan fingerprint density at radius 2 is 1.89 bits per heavy atom. The number of halogens is 1. The van der Waals surface area contributed by atoms with Crippen LogP contribution in [-0.2, 0) is 0 Å². The zero-order valence-electron chi connectivity index (χ0n) is 19.0. The lowest BCUT2D eigenvalue weighted by atomic mass is 10.2. The van der Waals surface area contributed by atoms with Crippen LogP contribution >= 0.6 is 11.3 Å². The highest BCUT2D eigenvalue weighted by Crippen LogP contribution is 2.30. The first-order valence-electron chi connectivity index (χ1n) is 10.7. The Morgan fingerprint density at radius 3 is 2.66 bits per heavy atom. The summed E-state index contributed by atoms with van der Waals surface area (Å²) >= 11 is 1.38. The number of anilines is 1. The smallest absolute Gasteiger partial charge is 0.347 e. The number of hydrazone groups is 1. The molecule has 4 rings (SSSR count). The third-order valence-corrected chi connectivity index (χ3v) is 5.56. The van der Waals surface area contributed by atoms with E-state index in [0.717, 1.165) is 16.8 Å². The predicted octanol–water partition coefficient (Wildman–Crippen LogP) is 6.02. The van der Waals surface area contributed by atoms with Crippen molar-refractivity contribution in [2.75, 3.05) is 19.1 Å². The largest absolute Gasteiger partial charge is 0.496 e. The van der Waals surface area contributed by atoms with Gasteiger partial charge in [0.15, 0.2) is 11.5 Å². The molecule has 9 heteroatoms. The number of aromatic nitrogens is 1. The summed E-state index contributed by atoms with van der Waals surface area (Å²) in [4.78, 5) is 17.1. The minimum absolute atomic E-state index is 0.289. The zero-order chi connectivity index (χ0) is 24.6. The van der Waals surface area contributed by atoms with Crippen LogP contribution in [0.5, 0.6) is 17.2 Å². The van der Waals surface area contributed by atoms with E-state index in [4.69, 9.17) is 14.2 Å². The van der Waals surface area contributed by atoms with Crippen LogP contribution in [0.2, 0.25) is 0 Å². The van der Waals surface area contributed by atoms with Crippen molar-refractivity contribution in [3.05, 3.63) is 89.1 Å². The van der Waals surface area contributed by atoms with Crippen LogP contribution in [0.3, 0.4) is 0 Å². The molecule has 0 unspecified atom stereocenters. The number of ether oxygens (including phenoxy) is 3. The molecule has 0 aliphatic carbocycles. The van der Waals surface area contributed by atoms with Crippen molar-refractivity contribution < 1.29 is 23.4 Å². The van der Waals surface area contributed by atoms with E-state index in [9.17, 15) is 9.18 Å². The van der Waals surface area contributed by atoms with Crippen LogP contribution in [0, 0.1) is 5.82 Å². The van der Waals surface area contributed by atoms with Crippen molar-refractivity contribution in [3.63, 3.8) is 0 Å². The number of methoxy groups -OCH3 is 1. The first-order chi connectivity index (χ1) is 17.1. The number of para-hydroxylation sites is 1. The molecular weight excluding hydrogens is 469 g/mol. The number of rotatable bonds is 9. The van der Waals surface area contributed by atoms with E-state index >= 15 is 0 Å². The van der Waals surface area contributed by atoms with Gasteiger partial charge in [-0.15, -0.1) is 11.3 Å². The number of nitrogens with one attached hydrogen (secondary N) is 1. The second-order valence-electron chi connectivity index (χ2n) is 7.14. The van der Waals surface area contributed by atoms with Gasteiger partial charge in [-0.2, -0.15) is 5.10 Å². The molecule has 4 aromatic rings. The number of nitrogens with zero attached hydrogens (tertiary/aromatic N) is 2. The fourth-order valence-electron chi connectivity index (χ4n) is 3.17. The molecule has 0 saturated carbocycles. The Labute approximate surface area is 205 Å². The molecule has 0 radical (unpaired) electrons. The van der Waals surface area contributed by atoms with Crippen LogP contribution in [0.15, 0.2) is 77.2 Å². The Hall–Kier alpha value is -4.24. The first-order valence-corrected chi connectivity index (χ1v) is 11.6. The lowest BCUT2D eigenvalue weighted by Crippen LogP contribution is -2.11. The molecule has 1 N–H and O–H groups in total. The fraction of sp³-hybridized carbons (Fsp3) is 0.115. The molecule has 178 valence electrons. The minimum Gasteiger partial charge on any atom is -0.496 e. The van der Waals surface area contributed by atoms with Gasteiger partial charge >= 0.3 is 5.97 Å². The van der Waals surface area contributed by atoms with Gasteiger partial charge < -0.3 is 14.2 Å².